The van der Waals surface area contributed by atoms with Gasteiger partial charge in [0, 0.05) is 16.6 Å². The summed E-state index contributed by atoms with van der Waals surface area (Å²) < 4.78 is 5.16. The number of hydrogen-bond acceptors (Lipinski definition) is 4. The zero-order valence-corrected chi connectivity index (χ0v) is 16.7. The summed E-state index contributed by atoms with van der Waals surface area (Å²) in [6, 6.07) is 14.9. The van der Waals surface area contributed by atoms with Crippen molar-refractivity contribution in [3.05, 3.63) is 48.5 Å². The van der Waals surface area contributed by atoms with Gasteiger partial charge >= 0.3 is 0 Å². The Labute approximate surface area is 164 Å². The van der Waals surface area contributed by atoms with E-state index in [9.17, 15) is 9.59 Å². The smallest absolute Gasteiger partial charge is 0.279 e. The van der Waals surface area contributed by atoms with Gasteiger partial charge in [0.1, 0.15) is 5.75 Å². The average Bonchev–Trinajstić information content (AvgIpc) is 2.67. The topological polar surface area (TPSA) is 71.9 Å². The lowest BCUT2D eigenvalue weighted by Crippen LogP contribution is -3.13. The number of thioether (sulfide) groups is 1. The SMILES string of the molecule is CC[NH+](CC(=O)Nc1cccc(OC)c1)CC(=O)Nc1ccccc1SC. The van der Waals surface area contributed by atoms with Gasteiger partial charge in [-0.2, -0.15) is 0 Å². The molecule has 3 N–H and O–H groups in total. The van der Waals surface area contributed by atoms with Crippen molar-refractivity contribution in [2.75, 3.05) is 43.6 Å². The Hall–Kier alpha value is -2.51. The number of amides is 2. The molecule has 0 aliphatic rings. The van der Waals surface area contributed by atoms with E-state index in [1.807, 2.05) is 49.6 Å². The molecule has 0 saturated heterocycles. The molecule has 0 bridgehead atoms. The number of carbonyl (C=O) groups is 2. The summed E-state index contributed by atoms with van der Waals surface area (Å²) in [5, 5.41) is 5.78. The molecule has 2 amide bonds. The fraction of sp³-hybridized carbons (Fsp3) is 0.300. The first-order valence-corrected chi connectivity index (χ1v) is 9.98. The molecule has 0 radical (unpaired) electrons. The first kappa shape index (κ1) is 20.8. The molecule has 2 aromatic rings. The van der Waals surface area contributed by atoms with Gasteiger partial charge in [0.05, 0.1) is 19.3 Å². The van der Waals surface area contributed by atoms with E-state index in [2.05, 4.69) is 10.6 Å². The van der Waals surface area contributed by atoms with E-state index in [-0.39, 0.29) is 24.9 Å². The van der Waals surface area contributed by atoms with E-state index >= 15 is 0 Å². The van der Waals surface area contributed by atoms with Crippen molar-refractivity contribution in [1.82, 2.24) is 0 Å². The first-order valence-electron chi connectivity index (χ1n) is 8.76. The van der Waals surface area contributed by atoms with Crippen LogP contribution >= 0.6 is 11.8 Å². The van der Waals surface area contributed by atoms with Crippen molar-refractivity contribution in [2.45, 2.75) is 11.8 Å². The molecule has 1 atom stereocenters. The van der Waals surface area contributed by atoms with Crippen molar-refractivity contribution in [1.29, 1.82) is 0 Å². The normalized spacial score (nSPS) is 11.5. The van der Waals surface area contributed by atoms with Crippen molar-refractivity contribution in [3.8, 4) is 5.75 Å². The van der Waals surface area contributed by atoms with Crippen molar-refractivity contribution < 1.29 is 19.2 Å². The van der Waals surface area contributed by atoms with Gasteiger partial charge in [-0.3, -0.25) is 9.59 Å². The van der Waals surface area contributed by atoms with Crippen LogP contribution in [0.15, 0.2) is 53.4 Å². The molecule has 6 nitrogen and oxygen atoms in total. The molecule has 0 spiro atoms. The van der Waals surface area contributed by atoms with Gasteiger partial charge in [-0.1, -0.05) is 18.2 Å². The molecule has 0 fully saturated rings. The van der Waals surface area contributed by atoms with Crippen LogP contribution in [0, 0.1) is 0 Å². The largest absolute Gasteiger partial charge is 0.497 e. The van der Waals surface area contributed by atoms with Crippen LogP contribution in [-0.2, 0) is 9.59 Å². The van der Waals surface area contributed by atoms with Crippen LogP contribution in [0.4, 0.5) is 11.4 Å². The van der Waals surface area contributed by atoms with Crippen molar-refractivity contribution >= 4 is 35.0 Å². The predicted molar refractivity (Wildman–Crippen MR) is 110 cm³/mol. The molecule has 7 heteroatoms. The monoisotopic (exact) mass is 388 g/mol. The predicted octanol–water partition coefficient (Wildman–Crippen LogP) is 1.90. The number of para-hydroxylation sites is 1. The minimum Gasteiger partial charge on any atom is -0.497 e. The second-order valence-corrected chi connectivity index (χ2v) is 6.83. The Morgan fingerprint density at radius 2 is 1.74 bits per heavy atom. The Morgan fingerprint density at radius 3 is 2.41 bits per heavy atom. The zero-order valence-electron chi connectivity index (χ0n) is 15.9. The van der Waals surface area contributed by atoms with Gasteiger partial charge < -0.3 is 20.3 Å². The summed E-state index contributed by atoms with van der Waals surface area (Å²) in [6.45, 7) is 3.07. The van der Waals surface area contributed by atoms with Crippen LogP contribution in [0.5, 0.6) is 5.75 Å². The second-order valence-electron chi connectivity index (χ2n) is 5.99. The second kappa shape index (κ2) is 10.6. The molecule has 0 heterocycles. The Balaban J connectivity index is 1.90. The standard InChI is InChI=1S/C20H25N3O3S/c1-4-23(13-19(24)21-15-8-7-9-16(12-15)26-2)14-20(25)22-17-10-5-6-11-18(17)27-3/h5-12H,4,13-14H2,1-3H3,(H,21,24)(H,22,25)/p+1. The van der Waals surface area contributed by atoms with Crippen molar-refractivity contribution in [2.24, 2.45) is 0 Å². The number of ether oxygens (including phenoxy) is 1. The van der Waals surface area contributed by atoms with Gasteiger partial charge in [-0.05, 0) is 37.4 Å². The van der Waals surface area contributed by atoms with Crippen LogP contribution in [-0.4, -0.2) is 44.8 Å². The molecule has 0 aliphatic heterocycles. The Kier molecular flexibility index (Phi) is 8.16. The summed E-state index contributed by atoms with van der Waals surface area (Å²) in [6.07, 6.45) is 1.97. The third-order valence-corrected chi connectivity index (χ3v) is 4.85. The molecule has 2 aromatic carbocycles. The maximum absolute atomic E-state index is 12.4. The van der Waals surface area contributed by atoms with Crippen LogP contribution in [0.1, 0.15) is 6.92 Å². The molecular weight excluding hydrogens is 362 g/mol. The average molecular weight is 389 g/mol. The number of methoxy groups -OCH3 is 1. The number of quaternary nitrogens is 1. The minimum absolute atomic E-state index is 0.109. The summed E-state index contributed by atoms with van der Waals surface area (Å²) in [5.41, 5.74) is 1.47. The lowest BCUT2D eigenvalue weighted by atomic mass is 10.3. The van der Waals surface area contributed by atoms with Gasteiger partial charge in [-0.15, -0.1) is 11.8 Å². The summed E-state index contributed by atoms with van der Waals surface area (Å²) >= 11 is 1.58. The summed E-state index contributed by atoms with van der Waals surface area (Å²) in [7, 11) is 1.58. The zero-order chi connectivity index (χ0) is 19.6. The molecule has 1 unspecified atom stereocenters. The molecule has 144 valence electrons. The fourth-order valence-electron chi connectivity index (χ4n) is 2.61. The number of nitrogens with one attached hydrogen (secondary N) is 3. The highest BCUT2D eigenvalue weighted by molar-refractivity contribution is 7.98. The Bertz CT molecular complexity index is 783. The van der Waals surface area contributed by atoms with E-state index < -0.39 is 0 Å². The third-order valence-electron chi connectivity index (χ3n) is 4.06. The molecule has 0 aliphatic carbocycles. The quantitative estimate of drug-likeness (QED) is 0.574. The van der Waals surface area contributed by atoms with Crippen molar-refractivity contribution in [3.63, 3.8) is 0 Å². The van der Waals surface area contributed by atoms with Gasteiger partial charge in [0.2, 0.25) is 0 Å². The number of hydrogen-bond donors (Lipinski definition) is 3. The summed E-state index contributed by atoms with van der Waals surface area (Å²) in [4.78, 5) is 26.6. The number of benzene rings is 2. The molecule has 0 saturated carbocycles. The molecule has 0 aromatic heterocycles. The number of rotatable bonds is 9. The maximum Gasteiger partial charge on any atom is 0.279 e. The summed E-state index contributed by atoms with van der Waals surface area (Å²) in [5.74, 6) is 0.430. The van der Waals surface area contributed by atoms with Crippen LogP contribution in [0.3, 0.4) is 0 Å². The molecule has 2 rings (SSSR count). The lowest BCUT2D eigenvalue weighted by Gasteiger charge is -2.17. The molecular formula is C20H26N3O3S+. The van der Waals surface area contributed by atoms with Gasteiger partial charge in [0.25, 0.3) is 11.8 Å². The van der Waals surface area contributed by atoms with Crippen LogP contribution in [0.2, 0.25) is 0 Å². The van der Waals surface area contributed by atoms with Crippen LogP contribution < -0.4 is 20.3 Å². The number of likely N-dealkylation sites (N-methyl/N-ethyl adjacent to an activating group) is 1. The molecule has 27 heavy (non-hydrogen) atoms. The van der Waals surface area contributed by atoms with E-state index in [1.165, 1.54) is 0 Å². The highest BCUT2D eigenvalue weighted by Gasteiger charge is 2.17. The minimum atomic E-state index is -0.141. The maximum atomic E-state index is 12.4. The lowest BCUT2D eigenvalue weighted by molar-refractivity contribution is -0.881. The van der Waals surface area contributed by atoms with Gasteiger partial charge in [-0.25, -0.2) is 0 Å². The fourth-order valence-corrected chi connectivity index (χ4v) is 3.17. The first-order chi connectivity index (χ1) is 13.0. The number of carbonyl (C=O) groups excluding carboxylic acids is 2. The highest BCUT2D eigenvalue weighted by atomic mass is 32.2. The van der Waals surface area contributed by atoms with E-state index in [0.717, 1.165) is 15.5 Å². The number of anilines is 2. The Morgan fingerprint density at radius 1 is 1.04 bits per heavy atom. The van der Waals surface area contributed by atoms with Crippen LogP contribution in [0.25, 0.3) is 0 Å². The van der Waals surface area contributed by atoms with E-state index in [0.29, 0.717) is 18.0 Å². The van der Waals surface area contributed by atoms with Gasteiger partial charge in [0.15, 0.2) is 13.1 Å². The highest BCUT2D eigenvalue weighted by Crippen LogP contribution is 2.24. The van der Waals surface area contributed by atoms with E-state index in [4.69, 9.17) is 4.74 Å². The van der Waals surface area contributed by atoms with E-state index in [1.54, 1.807) is 31.0 Å². The third kappa shape index (κ3) is 6.62.